The highest BCUT2D eigenvalue weighted by Crippen LogP contribution is 2.77. The molecule has 5 rings (SSSR count). The van der Waals surface area contributed by atoms with Crippen LogP contribution in [0.4, 0.5) is 0 Å². The van der Waals surface area contributed by atoms with Gasteiger partial charge in [0.2, 0.25) is 0 Å². The molecule has 0 aromatic rings. The van der Waals surface area contributed by atoms with E-state index in [1.807, 2.05) is 0 Å². The Bertz CT molecular complexity index is 788. The monoisotopic (exact) mass is 552 g/mol. The number of aliphatic hydroxyl groups is 1. The molecule has 0 aliphatic heterocycles. The van der Waals surface area contributed by atoms with Crippen LogP contribution in [0.5, 0.6) is 0 Å². The Morgan fingerprint density at radius 3 is 2.22 bits per heavy atom. The van der Waals surface area contributed by atoms with E-state index < -0.39 is 0 Å². The van der Waals surface area contributed by atoms with E-state index in [4.69, 9.17) is 0 Å². The molecule has 0 bridgehead atoms. The van der Waals surface area contributed by atoms with Crippen molar-refractivity contribution in [1.29, 1.82) is 0 Å². The summed E-state index contributed by atoms with van der Waals surface area (Å²) in [5, 5.41) is 10.9. The number of fused-ring (bicyclic) bond motifs is 7. The average Bonchev–Trinajstić information content (AvgIpc) is 3.12. The van der Waals surface area contributed by atoms with Gasteiger partial charge in [0.15, 0.2) is 0 Å². The molecule has 1 N–H and O–H groups in total. The van der Waals surface area contributed by atoms with Crippen LogP contribution in [0.25, 0.3) is 0 Å². The van der Waals surface area contributed by atoms with Crippen molar-refractivity contribution >= 4 is 22.6 Å². The summed E-state index contributed by atoms with van der Waals surface area (Å²) in [7, 11) is 0. The molecule has 32 heavy (non-hydrogen) atoms. The van der Waals surface area contributed by atoms with Gasteiger partial charge in [-0.1, -0.05) is 69.4 Å². The Morgan fingerprint density at radius 1 is 0.844 bits per heavy atom. The van der Waals surface area contributed by atoms with Gasteiger partial charge in [-0.25, -0.2) is 0 Å². The van der Waals surface area contributed by atoms with Crippen molar-refractivity contribution in [2.75, 3.05) is 4.43 Å². The minimum atomic E-state index is -0.120. The summed E-state index contributed by atoms with van der Waals surface area (Å²) in [5.41, 5.74) is 3.41. The molecule has 0 saturated heterocycles. The van der Waals surface area contributed by atoms with Crippen LogP contribution >= 0.6 is 22.6 Å². The maximum atomic E-state index is 10.9. The van der Waals surface area contributed by atoms with Crippen molar-refractivity contribution in [3.63, 3.8) is 0 Å². The molecule has 182 valence electrons. The average molecular weight is 553 g/mol. The second-order valence-corrected chi connectivity index (χ2v) is 15.3. The van der Waals surface area contributed by atoms with Gasteiger partial charge in [-0.15, -0.1) is 0 Å². The second kappa shape index (κ2) is 7.47. The van der Waals surface area contributed by atoms with E-state index in [-0.39, 0.29) is 11.5 Å². The molecule has 5 saturated carbocycles. The summed E-state index contributed by atoms with van der Waals surface area (Å²) in [4.78, 5) is 0. The van der Waals surface area contributed by atoms with Gasteiger partial charge in [0.1, 0.15) is 0 Å². The van der Waals surface area contributed by atoms with Crippen LogP contribution in [-0.2, 0) is 0 Å². The normalized spacial score (nSPS) is 56.5. The quantitative estimate of drug-likeness (QED) is 0.207. The number of hydrogen-bond donors (Lipinski definition) is 1. The van der Waals surface area contributed by atoms with E-state index in [9.17, 15) is 5.11 Å². The molecular weight excluding hydrogens is 503 g/mol. The van der Waals surface area contributed by atoms with Crippen molar-refractivity contribution in [3.8, 4) is 0 Å². The standard InChI is InChI=1S/C30H49IO/c1-19(2)20-10-15-30(18-31)17-16-28(6)21(25(20)30)8-9-23-27(5)13-12-24(32)26(3,4)22(27)11-14-29(23,28)7/h20-25,32H,1,8-18H2,2-7H3/t20-,21?,22-,23+,24-,25+,27?,28+,29+,30+/m0/s1. The highest BCUT2D eigenvalue weighted by atomic mass is 127. The van der Waals surface area contributed by atoms with Gasteiger partial charge in [-0.05, 0) is 128 Å². The third-order valence-corrected chi connectivity index (χ3v) is 15.0. The molecule has 5 aliphatic carbocycles. The highest BCUT2D eigenvalue weighted by Gasteiger charge is 2.70. The van der Waals surface area contributed by atoms with Crippen LogP contribution in [0.15, 0.2) is 12.2 Å². The zero-order valence-corrected chi connectivity index (χ0v) is 23.9. The minimum Gasteiger partial charge on any atom is -0.393 e. The lowest BCUT2D eigenvalue weighted by Gasteiger charge is -2.73. The third kappa shape index (κ3) is 2.83. The van der Waals surface area contributed by atoms with Crippen LogP contribution in [-0.4, -0.2) is 15.6 Å². The van der Waals surface area contributed by atoms with E-state index in [1.165, 1.54) is 67.8 Å². The molecule has 2 unspecified atom stereocenters. The van der Waals surface area contributed by atoms with E-state index in [1.54, 1.807) is 0 Å². The zero-order chi connectivity index (χ0) is 23.3. The molecule has 1 nitrogen and oxygen atoms in total. The summed E-state index contributed by atoms with van der Waals surface area (Å²) in [5.74, 6) is 3.98. The fraction of sp³-hybridized carbons (Fsp3) is 0.933. The predicted molar refractivity (Wildman–Crippen MR) is 144 cm³/mol. The van der Waals surface area contributed by atoms with Crippen LogP contribution in [0.3, 0.4) is 0 Å². The summed E-state index contributed by atoms with van der Waals surface area (Å²) >= 11 is 2.74. The first-order chi connectivity index (χ1) is 14.9. The molecule has 0 amide bonds. The maximum Gasteiger partial charge on any atom is 0.0594 e. The van der Waals surface area contributed by atoms with Gasteiger partial charge in [0.05, 0.1) is 6.10 Å². The van der Waals surface area contributed by atoms with Crippen LogP contribution in [0.1, 0.15) is 106 Å². The first-order valence-electron chi connectivity index (χ1n) is 13.8. The van der Waals surface area contributed by atoms with Gasteiger partial charge in [-0.2, -0.15) is 0 Å². The maximum absolute atomic E-state index is 10.9. The Kier molecular flexibility index (Phi) is 5.63. The van der Waals surface area contributed by atoms with Gasteiger partial charge >= 0.3 is 0 Å². The van der Waals surface area contributed by atoms with Crippen molar-refractivity contribution in [2.24, 2.45) is 56.7 Å². The zero-order valence-electron chi connectivity index (χ0n) is 21.8. The van der Waals surface area contributed by atoms with E-state index in [0.717, 1.165) is 30.1 Å². The SMILES string of the molecule is C=C(C)[C@@H]1CC[C@]2(CI)CC[C@]3(C)C(CC[C@@H]4C5(C)CC[C@H](O)C(C)(C)[C@@H]5CC[C@]43C)[C@@H]12. The summed E-state index contributed by atoms with van der Waals surface area (Å²) in [6.07, 6.45) is 13.4. The van der Waals surface area contributed by atoms with Gasteiger partial charge in [-0.3, -0.25) is 0 Å². The molecular formula is C30H49IO. The lowest BCUT2D eigenvalue weighted by molar-refractivity contribution is -0.246. The highest BCUT2D eigenvalue weighted by molar-refractivity contribution is 14.1. The van der Waals surface area contributed by atoms with Gasteiger partial charge in [0, 0.05) is 4.43 Å². The third-order valence-electron chi connectivity index (χ3n) is 13.5. The summed E-state index contributed by atoms with van der Waals surface area (Å²) in [6, 6.07) is 0. The summed E-state index contributed by atoms with van der Waals surface area (Å²) in [6.45, 7) is 19.7. The van der Waals surface area contributed by atoms with E-state index >= 15 is 0 Å². The number of allylic oxidation sites excluding steroid dienone is 1. The Hall–Kier alpha value is 0.430. The molecule has 0 aromatic carbocycles. The van der Waals surface area contributed by atoms with Crippen LogP contribution < -0.4 is 0 Å². The van der Waals surface area contributed by atoms with Crippen LogP contribution in [0.2, 0.25) is 0 Å². The Balaban J connectivity index is 1.55. The molecule has 5 fully saturated rings. The van der Waals surface area contributed by atoms with Gasteiger partial charge < -0.3 is 5.11 Å². The first kappa shape index (κ1) is 24.1. The smallest absolute Gasteiger partial charge is 0.0594 e. The number of halogens is 1. The van der Waals surface area contributed by atoms with Crippen molar-refractivity contribution in [2.45, 2.75) is 112 Å². The van der Waals surface area contributed by atoms with Crippen molar-refractivity contribution in [1.82, 2.24) is 0 Å². The largest absolute Gasteiger partial charge is 0.393 e. The van der Waals surface area contributed by atoms with E-state index in [0.29, 0.717) is 27.6 Å². The Labute approximate surface area is 212 Å². The lowest BCUT2D eigenvalue weighted by Crippen LogP contribution is -2.66. The predicted octanol–water partition coefficient (Wildman–Crippen LogP) is 8.44. The number of rotatable bonds is 2. The lowest BCUT2D eigenvalue weighted by atomic mass is 9.32. The molecule has 0 aromatic heterocycles. The fourth-order valence-electron chi connectivity index (χ4n) is 11.5. The first-order valence-corrected chi connectivity index (χ1v) is 15.3. The molecule has 0 heterocycles. The number of hydrogen-bond acceptors (Lipinski definition) is 1. The fourth-order valence-corrected chi connectivity index (χ4v) is 12.8. The molecule has 5 aliphatic rings. The summed E-state index contributed by atoms with van der Waals surface area (Å²) < 4.78 is 1.35. The molecule has 2 heteroatoms. The molecule has 0 spiro atoms. The van der Waals surface area contributed by atoms with E-state index in [2.05, 4.69) is 70.7 Å². The van der Waals surface area contributed by atoms with Crippen molar-refractivity contribution in [3.05, 3.63) is 12.2 Å². The minimum absolute atomic E-state index is 0.0610. The number of aliphatic hydroxyl groups excluding tert-OH is 1. The second-order valence-electron chi connectivity index (χ2n) is 14.6. The topological polar surface area (TPSA) is 20.2 Å². The van der Waals surface area contributed by atoms with Crippen LogP contribution in [0, 0.1) is 56.7 Å². The number of alkyl halides is 1. The molecule has 10 atom stereocenters. The molecule has 0 radical (unpaired) electrons. The van der Waals surface area contributed by atoms with Gasteiger partial charge in [0.25, 0.3) is 0 Å². The Morgan fingerprint density at radius 2 is 1.56 bits per heavy atom. The van der Waals surface area contributed by atoms with Crippen molar-refractivity contribution < 1.29 is 5.11 Å².